The summed E-state index contributed by atoms with van der Waals surface area (Å²) in [5.74, 6) is -2.29. The minimum absolute atomic E-state index is 0.154. The monoisotopic (exact) mass is 615 g/mol. The van der Waals surface area contributed by atoms with E-state index in [-0.39, 0.29) is 35.7 Å². The number of rotatable bonds is 12. The highest BCUT2D eigenvalue weighted by atomic mass is 79.9. The van der Waals surface area contributed by atoms with Gasteiger partial charge in [-0.1, -0.05) is 54.1 Å². The molecule has 7 atom stereocenters. The Morgan fingerprint density at radius 2 is 1.93 bits per heavy atom. The van der Waals surface area contributed by atoms with Gasteiger partial charge in [0.2, 0.25) is 11.8 Å². The number of amides is 3. The van der Waals surface area contributed by atoms with Crippen LogP contribution in [0.1, 0.15) is 44.2 Å². The smallest absolute Gasteiger partial charge is 0.253 e. The van der Waals surface area contributed by atoms with Crippen LogP contribution in [0.5, 0.6) is 0 Å². The highest BCUT2D eigenvalue weighted by Gasteiger charge is 2.77. The number of ether oxygens (including phenoxy) is 1. The van der Waals surface area contributed by atoms with E-state index in [1.54, 1.807) is 22.0 Å². The van der Waals surface area contributed by atoms with Crippen LogP contribution in [0.2, 0.25) is 0 Å². The molecular formula is C31H42BrN3O5. The molecule has 9 heteroatoms. The fraction of sp³-hybridized carbons (Fsp3) is 0.581. The lowest BCUT2D eigenvalue weighted by atomic mass is 9.70. The second-order valence-electron chi connectivity index (χ2n) is 11.3. The molecule has 3 heterocycles. The first-order valence-corrected chi connectivity index (χ1v) is 15.2. The third-order valence-corrected chi connectivity index (χ3v) is 9.55. The maximum atomic E-state index is 14.7. The highest BCUT2D eigenvalue weighted by Crippen LogP contribution is 2.61. The van der Waals surface area contributed by atoms with E-state index in [1.807, 2.05) is 45.9 Å². The van der Waals surface area contributed by atoms with Crippen LogP contribution in [0, 0.1) is 25.7 Å². The SMILES string of the molecule is C=CCN(CCC)C(=O)[C@H]1[C@H]2C(=O)N([C@@H](CC)CO)C(C(=O)N(CC=C)c3cc(C)ccc3C)C23CC(Br)[C@@H]1O3. The number of fused-ring (bicyclic) bond motifs is 1. The van der Waals surface area contributed by atoms with Gasteiger partial charge in [0, 0.05) is 30.1 Å². The molecule has 3 aliphatic rings. The van der Waals surface area contributed by atoms with Crippen molar-refractivity contribution in [3.05, 3.63) is 54.6 Å². The van der Waals surface area contributed by atoms with Crippen LogP contribution < -0.4 is 4.90 Å². The molecule has 3 unspecified atom stereocenters. The van der Waals surface area contributed by atoms with E-state index in [4.69, 9.17) is 4.74 Å². The van der Waals surface area contributed by atoms with Crippen molar-refractivity contribution in [1.29, 1.82) is 0 Å². The Hall–Kier alpha value is -2.49. The first kappa shape index (κ1) is 30.5. The first-order chi connectivity index (χ1) is 19.1. The van der Waals surface area contributed by atoms with Crippen LogP contribution >= 0.6 is 15.9 Å². The molecule has 3 aliphatic heterocycles. The maximum Gasteiger partial charge on any atom is 0.253 e. The standard InChI is InChI=1S/C31H42BrN3O5/c1-7-13-33(14-8-2)28(37)24-25-29(38)35(21(10-4)18-36)27(31(25)17-22(32)26(24)40-31)30(39)34(15-9-3)23-16-19(5)11-12-20(23)6/h7,9,11-12,16,21-22,24-27,36H,1,3,8,10,13-15,17-18H2,2,4-6H3/t21-,22?,24-,25-,26-,27?,31?/m0/s1. The molecule has 40 heavy (non-hydrogen) atoms. The van der Waals surface area contributed by atoms with Gasteiger partial charge < -0.3 is 24.5 Å². The molecule has 3 saturated heterocycles. The van der Waals surface area contributed by atoms with Crippen molar-refractivity contribution in [2.75, 3.05) is 31.1 Å². The number of aliphatic hydroxyl groups is 1. The summed E-state index contributed by atoms with van der Waals surface area (Å²) < 4.78 is 6.69. The number of aryl methyl sites for hydroxylation is 2. The molecule has 2 bridgehead atoms. The number of benzene rings is 1. The summed E-state index contributed by atoms with van der Waals surface area (Å²) >= 11 is 3.75. The van der Waals surface area contributed by atoms with Gasteiger partial charge in [-0.3, -0.25) is 14.4 Å². The summed E-state index contributed by atoms with van der Waals surface area (Å²) in [7, 11) is 0. The second-order valence-corrected chi connectivity index (χ2v) is 12.4. The van der Waals surface area contributed by atoms with Crippen molar-refractivity contribution in [1.82, 2.24) is 9.80 Å². The van der Waals surface area contributed by atoms with Crippen LogP contribution in [-0.2, 0) is 19.1 Å². The molecule has 1 aromatic rings. The van der Waals surface area contributed by atoms with Crippen LogP contribution in [-0.4, -0.2) is 87.5 Å². The number of alkyl halides is 1. The Labute approximate surface area is 246 Å². The molecule has 4 rings (SSSR count). The van der Waals surface area contributed by atoms with E-state index in [1.165, 1.54) is 4.90 Å². The highest BCUT2D eigenvalue weighted by molar-refractivity contribution is 9.09. The summed E-state index contributed by atoms with van der Waals surface area (Å²) in [5.41, 5.74) is 1.47. The molecule has 8 nitrogen and oxygen atoms in total. The van der Waals surface area contributed by atoms with Crippen LogP contribution in [0.4, 0.5) is 5.69 Å². The Kier molecular flexibility index (Phi) is 9.27. The zero-order chi connectivity index (χ0) is 29.4. The number of likely N-dealkylation sites (tertiary alicyclic amines) is 1. The topological polar surface area (TPSA) is 90.4 Å². The van der Waals surface area contributed by atoms with E-state index in [0.717, 1.165) is 23.2 Å². The fourth-order valence-corrected chi connectivity index (χ4v) is 7.90. The predicted octanol–water partition coefficient (Wildman–Crippen LogP) is 3.77. The average molecular weight is 617 g/mol. The quantitative estimate of drug-likeness (QED) is 0.286. The van der Waals surface area contributed by atoms with Crippen LogP contribution in [0.3, 0.4) is 0 Å². The fourth-order valence-electron chi connectivity index (χ4n) is 6.96. The number of carbonyl (C=O) groups excluding carboxylic acids is 3. The van der Waals surface area contributed by atoms with E-state index in [9.17, 15) is 19.5 Å². The van der Waals surface area contributed by atoms with Crippen molar-refractivity contribution in [3.8, 4) is 0 Å². The molecule has 0 saturated carbocycles. The molecular weight excluding hydrogens is 574 g/mol. The van der Waals surface area contributed by atoms with Crippen molar-refractivity contribution in [3.63, 3.8) is 0 Å². The van der Waals surface area contributed by atoms with Gasteiger partial charge in [0.15, 0.2) is 0 Å². The Bertz CT molecular complexity index is 1170. The van der Waals surface area contributed by atoms with Gasteiger partial charge in [-0.2, -0.15) is 0 Å². The third kappa shape index (κ3) is 4.84. The van der Waals surface area contributed by atoms with Crippen LogP contribution in [0.15, 0.2) is 43.5 Å². The van der Waals surface area contributed by atoms with Crippen molar-refractivity contribution < 1.29 is 24.2 Å². The molecule has 0 radical (unpaired) electrons. The summed E-state index contributed by atoms with van der Waals surface area (Å²) in [6.45, 7) is 16.4. The first-order valence-electron chi connectivity index (χ1n) is 14.3. The van der Waals surface area contributed by atoms with E-state index in [2.05, 4.69) is 29.1 Å². The Morgan fingerprint density at radius 1 is 1.23 bits per heavy atom. The zero-order valence-corrected chi connectivity index (χ0v) is 25.6. The Balaban J connectivity index is 1.86. The van der Waals surface area contributed by atoms with Gasteiger partial charge in [0.05, 0.1) is 30.6 Å². The minimum atomic E-state index is -1.20. The van der Waals surface area contributed by atoms with Gasteiger partial charge in [-0.15, -0.1) is 13.2 Å². The average Bonchev–Trinajstić information content (AvgIpc) is 3.52. The number of carbonyl (C=O) groups is 3. The van der Waals surface area contributed by atoms with Crippen molar-refractivity contribution in [2.24, 2.45) is 11.8 Å². The molecule has 218 valence electrons. The Morgan fingerprint density at radius 3 is 2.52 bits per heavy atom. The molecule has 0 aliphatic carbocycles. The number of hydrogen-bond acceptors (Lipinski definition) is 5. The summed E-state index contributed by atoms with van der Waals surface area (Å²) in [6.07, 6.45) is 4.46. The van der Waals surface area contributed by atoms with Crippen LogP contribution in [0.25, 0.3) is 0 Å². The molecule has 1 spiro atoms. The normalized spacial score (nSPS) is 29.3. The van der Waals surface area contributed by atoms with Crippen molar-refractivity contribution >= 4 is 39.3 Å². The second kappa shape index (κ2) is 12.2. The molecule has 1 aromatic carbocycles. The summed E-state index contributed by atoms with van der Waals surface area (Å²) in [4.78, 5) is 47.9. The lowest BCUT2D eigenvalue weighted by Crippen LogP contribution is -2.59. The summed E-state index contributed by atoms with van der Waals surface area (Å²) in [5, 5.41) is 10.4. The number of halogens is 1. The molecule has 3 amide bonds. The predicted molar refractivity (Wildman–Crippen MR) is 159 cm³/mol. The van der Waals surface area contributed by atoms with E-state index < -0.39 is 35.6 Å². The van der Waals surface area contributed by atoms with Crippen molar-refractivity contribution in [2.45, 2.75) is 75.6 Å². The number of hydrogen-bond donors (Lipinski definition) is 1. The largest absolute Gasteiger partial charge is 0.394 e. The number of aliphatic hydroxyl groups excluding tert-OH is 1. The van der Waals surface area contributed by atoms with Gasteiger partial charge in [-0.25, -0.2) is 0 Å². The van der Waals surface area contributed by atoms with Gasteiger partial charge in [0.1, 0.15) is 11.6 Å². The lowest BCUT2D eigenvalue weighted by molar-refractivity contribution is -0.147. The summed E-state index contributed by atoms with van der Waals surface area (Å²) in [6, 6.07) is 4.34. The molecule has 3 fully saturated rings. The van der Waals surface area contributed by atoms with Gasteiger partial charge in [0.25, 0.3) is 5.91 Å². The molecule has 0 aromatic heterocycles. The molecule has 1 N–H and O–H groups in total. The van der Waals surface area contributed by atoms with E-state index in [0.29, 0.717) is 25.9 Å². The minimum Gasteiger partial charge on any atom is -0.394 e. The lowest BCUT2D eigenvalue weighted by Gasteiger charge is -2.39. The van der Waals surface area contributed by atoms with Gasteiger partial charge >= 0.3 is 0 Å². The van der Waals surface area contributed by atoms with Gasteiger partial charge in [-0.05, 0) is 50.3 Å². The zero-order valence-electron chi connectivity index (χ0n) is 24.0. The van der Waals surface area contributed by atoms with E-state index >= 15 is 0 Å². The third-order valence-electron chi connectivity index (χ3n) is 8.71. The maximum absolute atomic E-state index is 14.7. The number of nitrogens with zero attached hydrogens (tertiary/aromatic N) is 3. The number of anilines is 1.